The molecule has 0 aromatic carbocycles. The van der Waals surface area contributed by atoms with Gasteiger partial charge in [0.15, 0.2) is 5.13 Å². The summed E-state index contributed by atoms with van der Waals surface area (Å²) in [6.45, 7) is 15.5. The quantitative estimate of drug-likeness (QED) is 0.927. The summed E-state index contributed by atoms with van der Waals surface area (Å²) in [6.07, 6.45) is 0. The highest BCUT2D eigenvalue weighted by Crippen LogP contribution is 2.35. The van der Waals surface area contributed by atoms with Gasteiger partial charge in [0.25, 0.3) is 0 Å². The van der Waals surface area contributed by atoms with Gasteiger partial charge in [-0.2, -0.15) is 0 Å². The van der Waals surface area contributed by atoms with Crippen LogP contribution in [0.4, 0.5) is 5.13 Å². The van der Waals surface area contributed by atoms with Crippen molar-refractivity contribution >= 4 is 16.5 Å². The Morgan fingerprint density at radius 3 is 2.80 bits per heavy atom. The van der Waals surface area contributed by atoms with E-state index in [1.54, 1.807) is 0 Å². The fourth-order valence-electron chi connectivity index (χ4n) is 2.42. The van der Waals surface area contributed by atoms with Crippen molar-refractivity contribution in [1.29, 1.82) is 0 Å². The highest BCUT2D eigenvalue weighted by molar-refractivity contribution is 7.15. The average Bonchev–Trinajstić information content (AvgIpc) is 2.80. The molecule has 0 aliphatic carbocycles. The van der Waals surface area contributed by atoms with Gasteiger partial charge in [0, 0.05) is 23.4 Å². The number of nitrogens with zero attached hydrogens (tertiary/aromatic N) is 2. The van der Waals surface area contributed by atoms with Crippen LogP contribution in [-0.4, -0.2) is 37.3 Å². The SMILES string of the molecule is CCNCc1sc(N2CCOCC2C)nc1C(C)(C)C. The Morgan fingerprint density at radius 2 is 2.20 bits per heavy atom. The zero-order chi connectivity index (χ0) is 14.8. The van der Waals surface area contributed by atoms with Gasteiger partial charge in [-0.25, -0.2) is 4.98 Å². The highest BCUT2D eigenvalue weighted by atomic mass is 32.1. The fraction of sp³-hybridized carbons (Fsp3) is 0.800. The molecule has 114 valence electrons. The first-order valence-electron chi connectivity index (χ1n) is 7.48. The molecular weight excluding hydrogens is 270 g/mol. The van der Waals surface area contributed by atoms with Crippen molar-refractivity contribution in [3.05, 3.63) is 10.6 Å². The second-order valence-electron chi connectivity index (χ2n) is 6.42. The Hall–Kier alpha value is -0.650. The maximum Gasteiger partial charge on any atom is 0.186 e. The molecular formula is C15H27N3OS. The predicted molar refractivity (Wildman–Crippen MR) is 85.8 cm³/mol. The number of hydrogen-bond acceptors (Lipinski definition) is 5. The van der Waals surface area contributed by atoms with Crippen LogP contribution >= 0.6 is 11.3 Å². The molecule has 1 aromatic rings. The minimum absolute atomic E-state index is 0.0923. The fourth-order valence-corrected chi connectivity index (χ4v) is 3.79. The van der Waals surface area contributed by atoms with Crippen molar-refractivity contribution in [2.24, 2.45) is 0 Å². The smallest absolute Gasteiger partial charge is 0.186 e. The van der Waals surface area contributed by atoms with E-state index >= 15 is 0 Å². The summed E-state index contributed by atoms with van der Waals surface area (Å²) in [5, 5.41) is 4.58. The van der Waals surface area contributed by atoms with Crippen LogP contribution in [0.25, 0.3) is 0 Å². The molecule has 1 aliphatic heterocycles. The van der Waals surface area contributed by atoms with E-state index < -0.39 is 0 Å². The molecule has 4 nitrogen and oxygen atoms in total. The van der Waals surface area contributed by atoms with E-state index in [4.69, 9.17) is 9.72 Å². The summed E-state index contributed by atoms with van der Waals surface area (Å²) in [4.78, 5) is 8.71. The normalized spacial score (nSPS) is 20.4. The Labute approximate surface area is 126 Å². The molecule has 1 fully saturated rings. The van der Waals surface area contributed by atoms with Crippen LogP contribution < -0.4 is 10.2 Å². The molecule has 20 heavy (non-hydrogen) atoms. The molecule has 2 heterocycles. The lowest BCUT2D eigenvalue weighted by atomic mass is 9.91. The third-order valence-corrected chi connectivity index (χ3v) is 4.64. The minimum atomic E-state index is 0.0923. The molecule has 1 unspecified atom stereocenters. The highest BCUT2D eigenvalue weighted by Gasteiger charge is 2.27. The lowest BCUT2D eigenvalue weighted by molar-refractivity contribution is 0.0989. The van der Waals surface area contributed by atoms with Gasteiger partial charge in [0.1, 0.15) is 0 Å². The first kappa shape index (κ1) is 15.7. The van der Waals surface area contributed by atoms with Crippen LogP contribution in [0.5, 0.6) is 0 Å². The van der Waals surface area contributed by atoms with E-state index in [0.717, 1.165) is 38.0 Å². The van der Waals surface area contributed by atoms with Crippen molar-refractivity contribution in [1.82, 2.24) is 10.3 Å². The zero-order valence-electron chi connectivity index (χ0n) is 13.3. The molecule has 5 heteroatoms. The summed E-state index contributed by atoms with van der Waals surface area (Å²) in [6, 6.07) is 0.412. The lowest BCUT2D eigenvalue weighted by Crippen LogP contribution is -2.43. The molecule has 1 N–H and O–H groups in total. The summed E-state index contributed by atoms with van der Waals surface area (Å²) in [5.41, 5.74) is 1.33. The molecule has 0 saturated carbocycles. The molecule has 1 saturated heterocycles. The van der Waals surface area contributed by atoms with Crippen molar-refractivity contribution in [3.63, 3.8) is 0 Å². The second-order valence-corrected chi connectivity index (χ2v) is 7.48. The van der Waals surface area contributed by atoms with Crippen LogP contribution in [-0.2, 0) is 16.7 Å². The third kappa shape index (κ3) is 3.51. The van der Waals surface area contributed by atoms with Crippen molar-refractivity contribution in [2.75, 3.05) is 31.2 Å². The van der Waals surface area contributed by atoms with E-state index in [0.29, 0.717) is 6.04 Å². The maximum absolute atomic E-state index is 5.53. The number of rotatable bonds is 4. The van der Waals surface area contributed by atoms with Crippen LogP contribution in [0.2, 0.25) is 0 Å². The first-order valence-corrected chi connectivity index (χ1v) is 8.30. The van der Waals surface area contributed by atoms with Gasteiger partial charge in [-0.1, -0.05) is 27.7 Å². The van der Waals surface area contributed by atoms with E-state index in [2.05, 4.69) is 44.8 Å². The summed E-state index contributed by atoms with van der Waals surface area (Å²) < 4.78 is 5.53. The third-order valence-electron chi connectivity index (χ3n) is 3.55. The zero-order valence-corrected chi connectivity index (χ0v) is 14.1. The summed E-state index contributed by atoms with van der Waals surface area (Å²) in [5.74, 6) is 0. The molecule has 0 amide bonds. The number of aromatic nitrogens is 1. The summed E-state index contributed by atoms with van der Waals surface area (Å²) in [7, 11) is 0. The van der Waals surface area contributed by atoms with Crippen LogP contribution in [0.1, 0.15) is 45.2 Å². The monoisotopic (exact) mass is 297 g/mol. The Bertz CT molecular complexity index is 439. The molecule has 0 bridgehead atoms. The van der Waals surface area contributed by atoms with Gasteiger partial charge < -0.3 is 15.0 Å². The Kier molecular flexibility index (Phi) is 5.04. The van der Waals surface area contributed by atoms with Crippen LogP contribution in [0, 0.1) is 0 Å². The van der Waals surface area contributed by atoms with E-state index in [1.165, 1.54) is 10.6 Å². The minimum Gasteiger partial charge on any atom is -0.377 e. The predicted octanol–water partition coefficient (Wildman–Crippen LogP) is 2.78. The average molecular weight is 297 g/mol. The molecule has 2 rings (SSSR count). The van der Waals surface area contributed by atoms with Gasteiger partial charge in [0.2, 0.25) is 0 Å². The molecule has 0 spiro atoms. The van der Waals surface area contributed by atoms with E-state index in [1.807, 2.05) is 11.3 Å². The summed E-state index contributed by atoms with van der Waals surface area (Å²) >= 11 is 1.83. The number of nitrogens with one attached hydrogen (secondary N) is 1. The number of hydrogen-bond donors (Lipinski definition) is 1. The van der Waals surface area contributed by atoms with Gasteiger partial charge in [0.05, 0.1) is 24.9 Å². The molecule has 0 radical (unpaired) electrons. The van der Waals surface area contributed by atoms with Gasteiger partial charge >= 0.3 is 0 Å². The number of morpholine rings is 1. The molecule has 1 aromatic heterocycles. The van der Waals surface area contributed by atoms with Gasteiger partial charge in [-0.05, 0) is 13.5 Å². The first-order chi connectivity index (χ1) is 9.43. The van der Waals surface area contributed by atoms with Crippen LogP contribution in [0.15, 0.2) is 0 Å². The number of anilines is 1. The van der Waals surface area contributed by atoms with E-state index in [-0.39, 0.29) is 5.41 Å². The Morgan fingerprint density at radius 1 is 1.45 bits per heavy atom. The van der Waals surface area contributed by atoms with Crippen molar-refractivity contribution in [3.8, 4) is 0 Å². The van der Waals surface area contributed by atoms with Gasteiger partial charge in [-0.3, -0.25) is 0 Å². The number of ether oxygens (including phenoxy) is 1. The molecule has 1 atom stereocenters. The van der Waals surface area contributed by atoms with Crippen molar-refractivity contribution in [2.45, 2.75) is 52.6 Å². The van der Waals surface area contributed by atoms with Crippen LogP contribution in [0.3, 0.4) is 0 Å². The van der Waals surface area contributed by atoms with Gasteiger partial charge in [-0.15, -0.1) is 11.3 Å². The Balaban J connectivity index is 2.27. The topological polar surface area (TPSA) is 37.4 Å². The maximum atomic E-state index is 5.53. The lowest BCUT2D eigenvalue weighted by Gasteiger charge is -2.33. The molecule has 1 aliphatic rings. The van der Waals surface area contributed by atoms with Crippen molar-refractivity contribution < 1.29 is 4.74 Å². The second kappa shape index (κ2) is 6.41. The largest absolute Gasteiger partial charge is 0.377 e. The standard InChI is InChI=1S/C15H27N3OS/c1-6-16-9-12-13(15(3,4)5)17-14(20-12)18-7-8-19-10-11(18)2/h11,16H,6-10H2,1-5H3. The number of thiazole rings is 1. The van der Waals surface area contributed by atoms with E-state index in [9.17, 15) is 0 Å².